The Labute approximate surface area is 175 Å². The number of furan rings is 1. The lowest BCUT2D eigenvalue weighted by molar-refractivity contribution is 0.0195. The summed E-state index contributed by atoms with van der Waals surface area (Å²) in [5, 5.41) is 10.7. The first-order chi connectivity index (χ1) is 14.0. The molecule has 0 aliphatic carbocycles. The zero-order chi connectivity index (χ0) is 20.4. The SMILES string of the molecule is Cc1ccc2oc(CN3CC[C@H](N4CCN(C)CC4)[C@H](CCCO)C3)c(C)c2c1. The van der Waals surface area contributed by atoms with E-state index in [4.69, 9.17) is 4.42 Å². The van der Waals surface area contributed by atoms with Crippen molar-refractivity contribution in [2.75, 3.05) is 52.9 Å². The number of piperazine rings is 1. The van der Waals surface area contributed by atoms with Gasteiger partial charge in [0.2, 0.25) is 0 Å². The standard InChI is InChI=1S/C24H37N3O2/c1-18-6-7-23-21(15-18)19(2)24(29-23)17-26-9-8-22(20(16-26)5-4-14-28)27-12-10-25(3)11-13-27/h6-7,15,20,22,28H,4-5,8-14,16-17H2,1-3H3/t20-,22+/m1/s1. The number of hydrogen-bond donors (Lipinski definition) is 1. The lowest BCUT2D eigenvalue weighted by Crippen LogP contribution is -2.56. The molecule has 4 rings (SSSR count). The van der Waals surface area contributed by atoms with Crippen molar-refractivity contribution in [2.24, 2.45) is 5.92 Å². The number of hydrogen-bond acceptors (Lipinski definition) is 5. The first-order valence-corrected chi connectivity index (χ1v) is 11.3. The van der Waals surface area contributed by atoms with Crippen LogP contribution in [0.2, 0.25) is 0 Å². The fourth-order valence-corrected chi connectivity index (χ4v) is 5.25. The predicted octanol–water partition coefficient (Wildman–Crippen LogP) is 3.26. The van der Waals surface area contributed by atoms with Crippen LogP contribution in [0.1, 0.15) is 36.1 Å². The highest BCUT2D eigenvalue weighted by Crippen LogP contribution is 2.31. The highest BCUT2D eigenvalue weighted by Gasteiger charge is 2.34. The number of likely N-dealkylation sites (tertiary alicyclic amines) is 1. The second-order valence-electron chi connectivity index (χ2n) is 9.21. The molecular formula is C24H37N3O2. The van der Waals surface area contributed by atoms with E-state index in [-0.39, 0.29) is 0 Å². The van der Waals surface area contributed by atoms with E-state index in [1.807, 2.05) is 0 Å². The van der Waals surface area contributed by atoms with Crippen LogP contribution in [0.15, 0.2) is 22.6 Å². The molecule has 0 radical (unpaired) electrons. The van der Waals surface area contributed by atoms with Crippen LogP contribution >= 0.6 is 0 Å². The van der Waals surface area contributed by atoms with Crippen LogP contribution in [0.25, 0.3) is 11.0 Å². The van der Waals surface area contributed by atoms with Crippen molar-refractivity contribution in [3.8, 4) is 0 Å². The summed E-state index contributed by atoms with van der Waals surface area (Å²) in [5.41, 5.74) is 3.58. The molecule has 0 amide bonds. The molecule has 0 bridgehead atoms. The Bertz CT molecular complexity index is 810. The van der Waals surface area contributed by atoms with Gasteiger partial charge in [-0.1, -0.05) is 11.6 Å². The number of rotatable bonds is 6. The van der Waals surface area contributed by atoms with Crippen LogP contribution in [0, 0.1) is 19.8 Å². The van der Waals surface area contributed by atoms with Crippen LogP contribution in [0.5, 0.6) is 0 Å². The Kier molecular flexibility index (Phi) is 6.60. The summed E-state index contributed by atoms with van der Waals surface area (Å²) in [4.78, 5) is 7.72. The van der Waals surface area contributed by atoms with Crippen molar-refractivity contribution in [3.05, 3.63) is 35.1 Å². The average Bonchev–Trinajstić information content (AvgIpc) is 3.02. The van der Waals surface area contributed by atoms with Crippen LogP contribution in [0.3, 0.4) is 0 Å². The Morgan fingerprint density at radius 2 is 1.90 bits per heavy atom. The van der Waals surface area contributed by atoms with Crippen LogP contribution in [0.4, 0.5) is 0 Å². The minimum Gasteiger partial charge on any atom is -0.459 e. The average molecular weight is 400 g/mol. The van der Waals surface area contributed by atoms with Gasteiger partial charge in [0.15, 0.2) is 0 Å². The fourth-order valence-electron chi connectivity index (χ4n) is 5.25. The smallest absolute Gasteiger partial charge is 0.134 e. The van der Waals surface area contributed by atoms with Crippen LogP contribution < -0.4 is 0 Å². The van der Waals surface area contributed by atoms with Gasteiger partial charge in [0.05, 0.1) is 6.54 Å². The van der Waals surface area contributed by atoms with Gasteiger partial charge in [-0.05, 0) is 63.8 Å². The van der Waals surface area contributed by atoms with E-state index in [1.54, 1.807) is 0 Å². The topological polar surface area (TPSA) is 43.1 Å². The number of aliphatic hydroxyl groups is 1. The second-order valence-corrected chi connectivity index (χ2v) is 9.21. The van der Waals surface area contributed by atoms with Crippen LogP contribution in [-0.4, -0.2) is 78.8 Å². The van der Waals surface area contributed by atoms with E-state index in [1.165, 1.54) is 49.1 Å². The number of likely N-dealkylation sites (N-methyl/N-ethyl adjacent to an activating group) is 1. The van der Waals surface area contributed by atoms with Gasteiger partial charge in [-0.25, -0.2) is 0 Å². The summed E-state index contributed by atoms with van der Waals surface area (Å²) in [6.07, 6.45) is 3.24. The lowest BCUT2D eigenvalue weighted by Gasteiger charge is -2.46. The van der Waals surface area contributed by atoms with Gasteiger partial charge >= 0.3 is 0 Å². The molecule has 1 N–H and O–H groups in total. The number of aryl methyl sites for hydroxylation is 2. The molecule has 5 nitrogen and oxygen atoms in total. The normalized spacial score (nSPS) is 25.1. The molecule has 160 valence electrons. The lowest BCUT2D eigenvalue weighted by atomic mass is 9.86. The number of fused-ring (bicyclic) bond motifs is 1. The van der Waals surface area contributed by atoms with Crippen molar-refractivity contribution >= 4 is 11.0 Å². The Hall–Kier alpha value is -1.40. The third kappa shape index (κ3) is 4.69. The maximum atomic E-state index is 9.42. The van der Waals surface area contributed by atoms with E-state index in [0.717, 1.165) is 43.8 Å². The molecule has 2 aromatic rings. The first kappa shape index (κ1) is 20.9. The summed E-state index contributed by atoms with van der Waals surface area (Å²) in [5.74, 6) is 1.75. The van der Waals surface area contributed by atoms with Crippen molar-refractivity contribution in [1.29, 1.82) is 0 Å². The van der Waals surface area contributed by atoms with E-state index in [0.29, 0.717) is 18.6 Å². The Morgan fingerprint density at radius 3 is 2.66 bits per heavy atom. The van der Waals surface area contributed by atoms with Crippen molar-refractivity contribution in [3.63, 3.8) is 0 Å². The number of benzene rings is 1. The van der Waals surface area contributed by atoms with Crippen LogP contribution in [-0.2, 0) is 6.54 Å². The van der Waals surface area contributed by atoms with Gasteiger partial charge in [0.25, 0.3) is 0 Å². The Morgan fingerprint density at radius 1 is 1.10 bits per heavy atom. The summed E-state index contributed by atoms with van der Waals surface area (Å²) < 4.78 is 6.23. The zero-order valence-corrected chi connectivity index (χ0v) is 18.4. The van der Waals surface area contributed by atoms with Crippen molar-refractivity contribution in [2.45, 2.75) is 45.7 Å². The highest BCUT2D eigenvalue weighted by atomic mass is 16.3. The highest BCUT2D eigenvalue weighted by molar-refractivity contribution is 5.82. The van der Waals surface area contributed by atoms with E-state index < -0.39 is 0 Å². The molecule has 0 spiro atoms. The molecule has 1 aromatic heterocycles. The number of nitrogens with zero attached hydrogens (tertiary/aromatic N) is 3. The largest absolute Gasteiger partial charge is 0.459 e. The van der Waals surface area contributed by atoms with Gasteiger partial charge in [-0.2, -0.15) is 0 Å². The van der Waals surface area contributed by atoms with Gasteiger partial charge < -0.3 is 14.4 Å². The maximum Gasteiger partial charge on any atom is 0.134 e. The molecule has 2 aliphatic rings. The van der Waals surface area contributed by atoms with Gasteiger partial charge in [-0.3, -0.25) is 9.80 Å². The molecule has 0 unspecified atom stereocenters. The van der Waals surface area contributed by atoms with Gasteiger partial charge in [-0.15, -0.1) is 0 Å². The molecule has 2 fully saturated rings. The van der Waals surface area contributed by atoms with E-state index in [2.05, 4.69) is 53.8 Å². The molecule has 3 heterocycles. The molecule has 1 aromatic carbocycles. The summed E-state index contributed by atoms with van der Waals surface area (Å²) in [6.45, 7) is 12.5. The van der Waals surface area contributed by atoms with Crippen molar-refractivity contribution < 1.29 is 9.52 Å². The minimum atomic E-state index is 0.300. The minimum absolute atomic E-state index is 0.300. The summed E-state index contributed by atoms with van der Waals surface area (Å²) in [7, 11) is 2.22. The third-order valence-electron chi connectivity index (χ3n) is 7.08. The monoisotopic (exact) mass is 399 g/mol. The Balaban J connectivity index is 1.45. The molecule has 5 heteroatoms. The fraction of sp³-hybridized carbons (Fsp3) is 0.667. The summed E-state index contributed by atoms with van der Waals surface area (Å²) in [6, 6.07) is 7.12. The molecule has 29 heavy (non-hydrogen) atoms. The number of aliphatic hydroxyl groups excluding tert-OH is 1. The van der Waals surface area contributed by atoms with Crippen molar-refractivity contribution in [1.82, 2.24) is 14.7 Å². The molecule has 0 saturated carbocycles. The third-order valence-corrected chi connectivity index (χ3v) is 7.08. The first-order valence-electron chi connectivity index (χ1n) is 11.3. The van der Waals surface area contributed by atoms with E-state index in [9.17, 15) is 5.11 Å². The molecule has 2 atom stereocenters. The second kappa shape index (κ2) is 9.17. The maximum absolute atomic E-state index is 9.42. The van der Waals surface area contributed by atoms with E-state index >= 15 is 0 Å². The molecular weight excluding hydrogens is 362 g/mol. The predicted molar refractivity (Wildman–Crippen MR) is 118 cm³/mol. The quantitative estimate of drug-likeness (QED) is 0.808. The van der Waals surface area contributed by atoms with Gasteiger partial charge in [0, 0.05) is 57.3 Å². The molecule has 2 aliphatic heterocycles. The zero-order valence-electron chi connectivity index (χ0n) is 18.4. The summed E-state index contributed by atoms with van der Waals surface area (Å²) >= 11 is 0. The molecule has 2 saturated heterocycles. The van der Waals surface area contributed by atoms with Gasteiger partial charge in [0.1, 0.15) is 11.3 Å². The number of piperidine rings is 1.